The Kier molecular flexibility index (Phi) is 5.52. The first-order valence-electron chi connectivity index (χ1n) is 6.29. The summed E-state index contributed by atoms with van der Waals surface area (Å²) in [5.41, 5.74) is 0.425. The summed E-state index contributed by atoms with van der Waals surface area (Å²) in [7, 11) is -0.648. The minimum atomic E-state index is -3.57. The molecule has 1 atom stereocenters. The van der Waals surface area contributed by atoms with E-state index in [1.165, 1.54) is 20.2 Å². The van der Waals surface area contributed by atoms with Gasteiger partial charge in [0.15, 0.2) is 0 Å². The number of hydrogen-bond acceptors (Lipinski definition) is 4. The Morgan fingerprint density at radius 1 is 1.35 bits per heavy atom. The third-order valence-corrected chi connectivity index (χ3v) is 4.79. The fourth-order valence-corrected chi connectivity index (χ4v) is 2.78. The Hall–Kier alpha value is -1.60. The van der Waals surface area contributed by atoms with E-state index in [0.717, 1.165) is 4.31 Å². The molecule has 1 unspecified atom stereocenters. The van der Waals surface area contributed by atoms with E-state index in [4.69, 9.17) is 5.11 Å². The molecule has 2 N–H and O–H groups in total. The van der Waals surface area contributed by atoms with Crippen LogP contribution in [0, 0.1) is 0 Å². The van der Waals surface area contributed by atoms with Crippen molar-refractivity contribution >= 4 is 21.7 Å². The number of carboxylic acids is 1. The molecule has 0 aromatic heterocycles. The van der Waals surface area contributed by atoms with Crippen molar-refractivity contribution in [2.24, 2.45) is 0 Å². The van der Waals surface area contributed by atoms with Gasteiger partial charge in [-0.2, -0.15) is 0 Å². The van der Waals surface area contributed by atoms with Crippen molar-refractivity contribution in [3.8, 4) is 0 Å². The summed E-state index contributed by atoms with van der Waals surface area (Å²) < 4.78 is 25.6. The molecule has 0 aliphatic heterocycles. The van der Waals surface area contributed by atoms with Gasteiger partial charge in [-0.05, 0) is 18.6 Å². The van der Waals surface area contributed by atoms with E-state index >= 15 is 0 Å². The molecule has 1 aromatic carbocycles. The zero-order valence-electron chi connectivity index (χ0n) is 11.8. The van der Waals surface area contributed by atoms with Gasteiger partial charge in [0.1, 0.15) is 4.90 Å². The van der Waals surface area contributed by atoms with Gasteiger partial charge in [-0.15, -0.1) is 0 Å². The van der Waals surface area contributed by atoms with Gasteiger partial charge in [-0.1, -0.05) is 19.1 Å². The van der Waals surface area contributed by atoms with Gasteiger partial charge in [0.05, 0.1) is 12.1 Å². The number of para-hydroxylation sites is 1. The second-order valence-corrected chi connectivity index (χ2v) is 6.75. The van der Waals surface area contributed by atoms with Crippen LogP contribution in [0.3, 0.4) is 0 Å². The molecule has 0 radical (unpaired) electrons. The van der Waals surface area contributed by atoms with Gasteiger partial charge in [0.25, 0.3) is 0 Å². The van der Waals surface area contributed by atoms with Crippen molar-refractivity contribution < 1.29 is 18.3 Å². The zero-order valence-corrected chi connectivity index (χ0v) is 12.6. The van der Waals surface area contributed by atoms with Gasteiger partial charge >= 0.3 is 5.97 Å². The third-order valence-electron chi connectivity index (χ3n) is 2.92. The van der Waals surface area contributed by atoms with E-state index in [1.807, 2.05) is 6.92 Å². The smallest absolute Gasteiger partial charge is 0.305 e. The predicted octanol–water partition coefficient (Wildman–Crippen LogP) is 1.60. The van der Waals surface area contributed by atoms with Crippen molar-refractivity contribution in [2.75, 3.05) is 19.4 Å². The Bertz CT molecular complexity index is 569. The van der Waals surface area contributed by atoms with Crippen LogP contribution >= 0.6 is 0 Å². The number of carbonyl (C=O) groups is 1. The maximum absolute atomic E-state index is 12.2. The molecule has 0 saturated carbocycles. The Morgan fingerprint density at radius 2 is 1.95 bits per heavy atom. The number of sulfonamides is 1. The van der Waals surface area contributed by atoms with Gasteiger partial charge in [-0.3, -0.25) is 4.79 Å². The lowest BCUT2D eigenvalue weighted by Crippen LogP contribution is -2.26. The quantitative estimate of drug-likeness (QED) is 0.798. The highest BCUT2D eigenvalue weighted by molar-refractivity contribution is 7.89. The molecule has 20 heavy (non-hydrogen) atoms. The van der Waals surface area contributed by atoms with Crippen molar-refractivity contribution in [1.82, 2.24) is 4.31 Å². The Morgan fingerprint density at radius 3 is 2.45 bits per heavy atom. The fraction of sp³-hybridized carbons (Fsp3) is 0.462. The molecular formula is C13H20N2O4S. The van der Waals surface area contributed by atoms with Crippen molar-refractivity contribution in [1.29, 1.82) is 0 Å². The monoisotopic (exact) mass is 300 g/mol. The minimum absolute atomic E-state index is 0.0627. The van der Waals surface area contributed by atoms with E-state index in [1.54, 1.807) is 18.2 Å². The molecule has 1 aromatic rings. The maximum atomic E-state index is 12.2. The molecule has 1 rings (SSSR count). The van der Waals surface area contributed by atoms with Crippen molar-refractivity contribution in [3.05, 3.63) is 24.3 Å². The average Bonchev–Trinajstić information content (AvgIpc) is 2.37. The zero-order chi connectivity index (χ0) is 15.3. The molecule has 0 fully saturated rings. The SMILES string of the molecule is CCC(CC(=O)O)Nc1ccccc1S(=O)(=O)N(C)C. The second-order valence-electron chi connectivity index (χ2n) is 4.63. The number of benzene rings is 1. The summed E-state index contributed by atoms with van der Waals surface area (Å²) in [4.78, 5) is 10.9. The maximum Gasteiger partial charge on any atom is 0.305 e. The Labute approximate surface area is 119 Å². The van der Waals surface area contributed by atoms with Crippen LogP contribution in [0.4, 0.5) is 5.69 Å². The summed E-state index contributed by atoms with van der Waals surface area (Å²) in [5, 5.41) is 11.8. The topological polar surface area (TPSA) is 86.7 Å². The van der Waals surface area contributed by atoms with Gasteiger partial charge in [-0.25, -0.2) is 12.7 Å². The first kappa shape index (κ1) is 16.5. The summed E-state index contributed by atoms with van der Waals surface area (Å²) in [6.07, 6.45) is 0.523. The van der Waals surface area contributed by atoms with Crippen LogP contribution in [0.15, 0.2) is 29.2 Å². The van der Waals surface area contributed by atoms with Crippen LogP contribution in [0.25, 0.3) is 0 Å². The molecule has 0 heterocycles. The highest BCUT2D eigenvalue weighted by atomic mass is 32.2. The first-order chi connectivity index (χ1) is 9.28. The molecule has 0 spiro atoms. The number of carboxylic acid groups (broad SMARTS) is 1. The number of aliphatic carboxylic acids is 1. The summed E-state index contributed by atoms with van der Waals surface area (Å²) in [5.74, 6) is -0.919. The second kappa shape index (κ2) is 6.71. The molecule has 0 aliphatic rings. The lowest BCUT2D eigenvalue weighted by molar-refractivity contribution is -0.137. The van der Waals surface area contributed by atoms with E-state index < -0.39 is 16.0 Å². The van der Waals surface area contributed by atoms with E-state index in [0.29, 0.717) is 12.1 Å². The van der Waals surface area contributed by atoms with Crippen LogP contribution in [-0.2, 0) is 14.8 Å². The molecule has 112 valence electrons. The Balaban J connectivity index is 3.11. The van der Waals surface area contributed by atoms with E-state index in [9.17, 15) is 13.2 Å². The van der Waals surface area contributed by atoms with Crippen LogP contribution in [0.2, 0.25) is 0 Å². The standard InChI is InChI=1S/C13H20N2O4S/c1-4-10(9-13(16)17)14-11-7-5-6-8-12(11)20(18,19)15(2)3/h5-8,10,14H,4,9H2,1-3H3,(H,16,17). The summed E-state index contributed by atoms with van der Waals surface area (Å²) in [6.45, 7) is 1.85. The predicted molar refractivity (Wildman–Crippen MR) is 77.3 cm³/mol. The number of rotatable bonds is 7. The molecule has 0 saturated heterocycles. The summed E-state index contributed by atoms with van der Waals surface area (Å²) in [6, 6.07) is 6.18. The third kappa shape index (κ3) is 3.94. The molecular weight excluding hydrogens is 280 g/mol. The van der Waals surface area contributed by atoms with Crippen molar-refractivity contribution in [3.63, 3.8) is 0 Å². The molecule has 0 bridgehead atoms. The largest absolute Gasteiger partial charge is 0.481 e. The van der Waals surface area contributed by atoms with Crippen LogP contribution in [-0.4, -0.2) is 43.9 Å². The van der Waals surface area contributed by atoms with Crippen LogP contribution < -0.4 is 5.32 Å². The number of hydrogen-bond donors (Lipinski definition) is 2. The number of nitrogens with one attached hydrogen (secondary N) is 1. The summed E-state index contributed by atoms with van der Waals surface area (Å²) >= 11 is 0. The van der Waals surface area contributed by atoms with E-state index in [2.05, 4.69) is 5.32 Å². The lowest BCUT2D eigenvalue weighted by atomic mass is 10.1. The minimum Gasteiger partial charge on any atom is -0.481 e. The van der Waals surface area contributed by atoms with Gasteiger partial charge in [0, 0.05) is 20.1 Å². The fourth-order valence-electron chi connectivity index (χ4n) is 1.74. The van der Waals surface area contributed by atoms with Crippen LogP contribution in [0.5, 0.6) is 0 Å². The van der Waals surface area contributed by atoms with E-state index in [-0.39, 0.29) is 17.4 Å². The highest BCUT2D eigenvalue weighted by Crippen LogP contribution is 2.24. The molecule has 0 amide bonds. The average molecular weight is 300 g/mol. The highest BCUT2D eigenvalue weighted by Gasteiger charge is 2.22. The first-order valence-corrected chi connectivity index (χ1v) is 7.73. The lowest BCUT2D eigenvalue weighted by Gasteiger charge is -2.20. The van der Waals surface area contributed by atoms with Gasteiger partial charge in [0.2, 0.25) is 10.0 Å². The molecule has 6 nitrogen and oxygen atoms in total. The van der Waals surface area contributed by atoms with Crippen LogP contribution in [0.1, 0.15) is 19.8 Å². The normalized spacial score (nSPS) is 13.2. The molecule has 7 heteroatoms. The van der Waals surface area contributed by atoms with Crippen molar-refractivity contribution in [2.45, 2.75) is 30.7 Å². The number of anilines is 1. The van der Waals surface area contributed by atoms with Gasteiger partial charge < -0.3 is 10.4 Å². The number of nitrogens with zero attached hydrogens (tertiary/aromatic N) is 1. The molecule has 0 aliphatic carbocycles.